The molecule has 20 heavy (non-hydrogen) atoms. The van der Waals surface area contributed by atoms with Crippen LogP contribution in [0.1, 0.15) is 11.3 Å². The number of halogens is 1. The van der Waals surface area contributed by atoms with Crippen LogP contribution in [0.15, 0.2) is 38.5 Å². The van der Waals surface area contributed by atoms with Crippen molar-refractivity contribution < 1.29 is 8.42 Å². The third-order valence-corrected chi connectivity index (χ3v) is 5.62. The van der Waals surface area contributed by atoms with E-state index in [4.69, 9.17) is 0 Å². The van der Waals surface area contributed by atoms with Gasteiger partial charge in [-0.3, -0.25) is 0 Å². The molecule has 0 unspecified atom stereocenters. The minimum atomic E-state index is -3.57. The summed E-state index contributed by atoms with van der Waals surface area (Å²) in [5, 5.41) is 4.81. The molecule has 0 saturated heterocycles. The first-order chi connectivity index (χ1) is 9.53. The van der Waals surface area contributed by atoms with E-state index in [1.807, 2.05) is 18.5 Å². The number of sulfonamides is 1. The van der Waals surface area contributed by atoms with Crippen molar-refractivity contribution in [2.75, 3.05) is 7.05 Å². The van der Waals surface area contributed by atoms with Gasteiger partial charge in [-0.1, -0.05) is 6.07 Å². The lowest BCUT2D eigenvalue weighted by molar-refractivity contribution is 0.580. The third-order valence-electron chi connectivity index (χ3n) is 2.59. The van der Waals surface area contributed by atoms with Crippen LogP contribution in [0.5, 0.6) is 0 Å². The average Bonchev–Trinajstić information content (AvgIpc) is 2.92. The summed E-state index contributed by atoms with van der Waals surface area (Å²) >= 11 is 4.72. The number of nitrogens with zero attached hydrogens (tertiary/aromatic N) is 1. The van der Waals surface area contributed by atoms with E-state index < -0.39 is 10.0 Å². The molecule has 5 nitrogen and oxygen atoms in total. The molecule has 1 heterocycles. The van der Waals surface area contributed by atoms with Crippen molar-refractivity contribution in [3.8, 4) is 0 Å². The molecule has 108 valence electrons. The highest BCUT2D eigenvalue weighted by molar-refractivity contribution is 9.10. The molecule has 2 aromatic rings. The molecule has 0 bridgehead atoms. The van der Waals surface area contributed by atoms with Gasteiger partial charge in [0.1, 0.15) is 0 Å². The van der Waals surface area contributed by atoms with E-state index in [-0.39, 0.29) is 11.4 Å². The fraction of sp³-hybridized carbons (Fsp3) is 0.250. The standard InChI is InChI=1S/C12H14BrN3O2S2/c1-14-5-9-2-3-11(13)12(4-9)20(17,18)16-6-10-7-19-8-15-10/h2-4,7-8,14,16H,5-6H2,1H3. The molecule has 1 aromatic carbocycles. The first kappa shape index (κ1) is 15.6. The zero-order chi connectivity index (χ0) is 14.6. The Morgan fingerprint density at radius 3 is 2.80 bits per heavy atom. The molecule has 0 amide bonds. The molecule has 0 aliphatic rings. The van der Waals surface area contributed by atoms with E-state index in [0.717, 1.165) is 5.56 Å². The van der Waals surface area contributed by atoms with Crippen molar-refractivity contribution in [1.82, 2.24) is 15.0 Å². The molecule has 0 aliphatic heterocycles. The van der Waals surface area contributed by atoms with E-state index in [1.165, 1.54) is 11.3 Å². The molecule has 0 radical (unpaired) electrons. The molecule has 2 N–H and O–H groups in total. The molecule has 0 fully saturated rings. The van der Waals surface area contributed by atoms with Gasteiger partial charge in [-0.15, -0.1) is 11.3 Å². The van der Waals surface area contributed by atoms with Crippen LogP contribution in [0.3, 0.4) is 0 Å². The van der Waals surface area contributed by atoms with Gasteiger partial charge in [-0.05, 0) is 40.7 Å². The maximum Gasteiger partial charge on any atom is 0.242 e. The highest BCUT2D eigenvalue weighted by Gasteiger charge is 2.18. The number of hydrogen-bond acceptors (Lipinski definition) is 5. The normalized spacial score (nSPS) is 11.7. The van der Waals surface area contributed by atoms with Crippen molar-refractivity contribution in [3.05, 3.63) is 44.8 Å². The van der Waals surface area contributed by atoms with Crippen molar-refractivity contribution in [3.63, 3.8) is 0 Å². The molecule has 8 heteroatoms. The topological polar surface area (TPSA) is 71.1 Å². The fourth-order valence-corrected chi connectivity index (χ4v) is 4.21. The van der Waals surface area contributed by atoms with Crippen molar-refractivity contribution in [1.29, 1.82) is 0 Å². The van der Waals surface area contributed by atoms with Crippen molar-refractivity contribution in [2.45, 2.75) is 18.0 Å². The van der Waals surface area contributed by atoms with Gasteiger partial charge in [-0.25, -0.2) is 18.1 Å². The lowest BCUT2D eigenvalue weighted by atomic mass is 10.2. The van der Waals surface area contributed by atoms with Crippen LogP contribution in [0.4, 0.5) is 0 Å². The van der Waals surface area contributed by atoms with Crippen LogP contribution in [0, 0.1) is 0 Å². The van der Waals surface area contributed by atoms with Gasteiger partial charge in [0.2, 0.25) is 10.0 Å². The summed E-state index contributed by atoms with van der Waals surface area (Å²) in [6.45, 7) is 0.802. The summed E-state index contributed by atoms with van der Waals surface area (Å²) in [7, 11) is -1.75. The Labute approximate surface area is 130 Å². The maximum atomic E-state index is 12.3. The number of aromatic nitrogens is 1. The first-order valence-electron chi connectivity index (χ1n) is 5.82. The van der Waals surface area contributed by atoms with Gasteiger partial charge in [0.25, 0.3) is 0 Å². The summed E-state index contributed by atoms with van der Waals surface area (Å²) in [4.78, 5) is 4.29. The van der Waals surface area contributed by atoms with Gasteiger partial charge in [0.15, 0.2) is 0 Å². The SMILES string of the molecule is CNCc1ccc(Br)c(S(=O)(=O)NCc2cscn2)c1. The highest BCUT2D eigenvalue weighted by atomic mass is 79.9. The van der Waals surface area contributed by atoms with Crippen LogP contribution < -0.4 is 10.0 Å². The zero-order valence-electron chi connectivity index (χ0n) is 10.8. The van der Waals surface area contributed by atoms with E-state index in [2.05, 4.69) is 31.0 Å². The van der Waals surface area contributed by atoms with Gasteiger partial charge < -0.3 is 5.32 Å². The van der Waals surface area contributed by atoms with Crippen molar-refractivity contribution in [2.24, 2.45) is 0 Å². The van der Waals surface area contributed by atoms with Gasteiger partial charge >= 0.3 is 0 Å². The van der Waals surface area contributed by atoms with Crippen LogP contribution in [0.25, 0.3) is 0 Å². The van der Waals surface area contributed by atoms with Crippen LogP contribution in [0.2, 0.25) is 0 Å². The third kappa shape index (κ3) is 3.86. The minimum absolute atomic E-state index is 0.189. The minimum Gasteiger partial charge on any atom is -0.316 e. The van der Waals surface area contributed by atoms with Crippen molar-refractivity contribution >= 4 is 37.3 Å². The molecular weight excluding hydrogens is 362 g/mol. The second-order valence-corrected chi connectivity index (χ2v) is 7.41. The van der Waals surface area contributed by atoms with E-state index >= 15 is 0 Å². The van der Waals surface area contributed by atoms with Crippen LogP contribution >= 0.6 is 27.3 Å². The van der Waals surface area contributed by atoms with Gasteiger partial charge in [0, 0.05) is 16.4 Å². The number of benzene rings is 1. The van der Waals surface area contributed by atoms with Gasteiger partial charge in [-0.2, -0.15) is 0 Å². The van der Waals surface area contributed by atoms with E-state index in [0.29, 0.717) is 16.7 Å². The average molecular weight is 376 g/mol. The van der Waals surface area contributed by atoms with E-state index in [1.54, 1.807) is 17.6 Å². The Morgan fingerprint density at radius 2 is 2.15 bits per heavy atom. The molecule has 2 rings (SSSR count). The van der Waals surface area contributed by atoms with Gasteiger partial charge in [0.05, 0.1) is 22.6 Å². The molecule has 1 aromatic heterocycles. The maximum absolute atomic E-state index is 12.3. The Bertz CT molecular complexity index is 672. The molecular formula is C12H14BrN3O2S2. The smallest absolute Gasteiger partial charge is 0.242 e. The Hall–Kier alpha value is -0.800. The first-order valence-corrected chi connectivity index (χ1v) is 9.04. The predicted octanol–water partition coefficient (Wildman–Crippen LogP) is 2.10. The monoisotopic (exact) mass is 375 g/mol. The second kappa shape index (κ2) is 6.77. The molecule has 0 spiro atoms. The Kier molecular flexibility index (Phi) is 5.28. The molecule has 0 atom stereocenters. The highest BCUT2D eigenvalue weighted by Crippen LogP contribution is 2.23. The summed E-state index contributed by atoms with van der Waals surface area (Å²) in [6.07, 6.45) is 0. The lowest BCUT2D eigenvalue weighted by Crippen LogP contribution is -2.24. The summed E-state index contributed by atoms with van der Waals surface area (Å²) in [5.41, 5.74) is 3.29. The number of rotatable bonds is 6. The van der Waals surface area contributed by atoms with Crippen LogP contribution in [-0.2, 0) is 23.1 Å². The number of hydrogen-bond donors (Lipinski definition) is 2. The number of thiazole rings is 1. The molecule has 0 saturated carbocycles. The summed E-state index contributed by atoms with van der Waals surface area (Å²) in [5.74, 6) is 0. The quantitative estimate of drug-likeness (QED) is 0.810. The second-order valence-electron chi connectivity index (χ2n) is 4.10. The number of nitrogens with one attached hydrogen (secondary N) is 2. The Balaban J connectivity index is 2.21. The van der Waals surface area contributed by atoms with E-state index in [9.17, 15) is 8.42 Å². The Morgan fingerprint density at radius 1 is 1.35 bits per heavy atom. The lowest BCUT2D eigenvalue weighted by Gasteiger charge is -2.09. The molecule has 0 aliphatic carbocycles. The summed E-state index contributed by atoms with van der Waals surface area (Å²) < 4.78 is 27.7. The fourth-order valence-electron chi connectivity index (χ4n) is 1.64. The predicted molar refractivity (Wildman–Crippen MR) is 83.0 cm³/mol. The van der Waals surface area contributed by atoms with Crippen LogP contribution in [-0.4, -0.2) is 20.4 Å². The summed E-state index contributed by atoms with van der Waals surface area (Å²) in [6, 6.07) is 5.27. The zero-order valence-corrected chi connectivity index (χ0v) is 14.0. The largest absolute Gasteiger partial charge is 0.316 e.